The van der Waals surface area contributed by atoms with E-state index in [0.29, 0.717) is 16.3 Å². The van der Waals surface area contributed by atoms with E-state index in [2.05, 4.69) is 5.32 Å². The summed E-state index contributed by atoms with van der Waals surface area (Å²) in [6.45, 7) is 0. The quantitative estimate of drug-likeness (QED) is 0.578. The summed E-state index contributed by atoms with van der Waals surface area (Å²) in [4.78, 5) is 10.9. The number of urea groups is 1. The first-order valence-corrected chi connectivity index (χ1v) is 8.64. The molecular weight excluding hydrogens is 383 g/mol. The molecule has 0 radical (unpaired) electrons. The summed E-state index contributed by atoms with van der Waals surface area (Å²) in [6.07, 6.45) is -2.39. The number of anilines is 1. The van der Waals surface area contributed by atoms with Crippen LogP contribution in [0, 0.1) is 5.82 Å². The maximum absolute atomic E-state index is 15.5. The van der Waals surface area contributed by atoms with Crippen LogP contribution in [-0.4, -0.2) is 18.2 Å². The van der Waals surface area contributed by atoms with Crippen LogP contribution in [0.4, 0.5) is 14.9 Å². The Balaban J connectivity index is 2.10. The number of ether oxygens (including phenoxy) is 1. The van der Waals surface area contributed by atoms with E-state index in [-0.39, 0.29) is 22.4 Å². The van der Waals surface area contributed by atoms with Gasteiger partial charge in [0.1, 0.15) is 17.6 Å². The van der Waals surface area contributed by atoms with E-state index in [1.165, 1.54) is 43.5 Å². The molecule has 1 unspecified atom stereocenters. The van der Waals surface area contributed by atoms with Crippen molar-refractivity contribution in [2.45, 2.75) is 6.08 Å². The van der Waals surface area contributed by atoms with E-state index in [1.54, 1.807) is 24.3 Å². The van der Waals surface area contributed by atoms with E-state index >= 15 is 4.39 Å². The summed E-state index contributed by atoms with van der Waals surface area (Å²) >= 11 is 6.03. The van der Waals surface area contributed by atoms with E-state index in [0.717, 1.165) is 0 Å². The van der Waals surface area contributed by atoms with Crippen molar-refractivity contribution in [3.63, 3.8) is 0 Å². The second kappa shape index (κ2) is 8.29. The molecule has 0 fully saturated rings. The van der Waals surface area contributed by atoms with Crippen LogP contribution < -0.4 is 15.8 Å². The van der Waals surface area contributed by atoms with Crippen molar-refractivity contribution in [2.24, 2.45) is 5.73 Å². The zero-order valence-electron chi connectivity index (χ0n) is 15.9. The van der Waals surface area contributed by atoms with Gasteiger partial charge in [-0.3, -0.25) is 0 Å². The Morgan fingerprint density at radius 1 is 1.25 bits per heavy atom. The van der Waals surface area contributed by atoms with Crippen molar-refractivity contribution in [1.82, 2.24) is 0 Å². The molecular formula is C21H18ClFN2O3. The van der Waals surface area contributed by atoms with Gasteiger partial charge >= 0.3 is 6.03 Å². The third-order valence-corrected chi connectivity index (χ3v) is 4.35. The standard InChI is InChI=1S/C21H18ClFN2O3/c1-28-17-10-9-16(19(23)18(17)13-3-2-4-14(22)11-13)20(26)12-5-7-15(8-6-12)25-21(24)27/h2-11,20,26H,1H3,(H3,24,25,27)/i20D. The Hall–Kier alpha value is -3.09. The molecule has 4 N–H and O–H groups in total. The zero-order valence-corrected chi connectivity index (χ0v) is 15.6. The SMILES string of the molecule is [2H]C(O)(c1ccc(NC(N)=O)cc1)c1ccc(OC)c(-c2cccc(Cl)c2)c1F. The Kier molecular flexibility index (Phi) is 5.41. The second-order valence-electron chi connectivity index (χ2n) is 5.93. The molecule has 0 saturated carbocycles. The first-order chi connectivity index (χ1) is 13.7. The number of carbonyl (C=O) groups is 1. The lowest BCUT2D eigenvalue weighted by atomic mass is 9.95. The molecule has 1 atom stereocenters. The number of nitrogens with one attached hydrogen (secondary N) is 1. The summed E-state index contributed by atoms with van der Waals surface area (Å²) < 4.78 is 29.2. The smallest absolute Gasteiger partial charge is 0.316 e. The topological polar surface area (TPSA) is 84.6 Å². The van der Waals surface area contributed by atoms with Gasteiger partial charge in [-0.2, -0.15) is 0 Å². The summed E-state index contributed by atoms with van der Waals surface area (Å²) in [5, 5.41) is 13.6. The predicted molar refractivity (Wildman–Crippen MR) is 107 cm³/mol. The van der Waals surface area contributed by atoms with Crippen LogP contribution in [0.25, 0.3) is 11.1 Å². The van der Waals surface area contributed by atoms with Gasteiger partial charge in [-0.25, -0.2) is 9.18 Å². The maximum atomic E-state index is 15.5. The molecule has 0 heterocycles. The van der Waals surface area contributed by atoms with Gasteiger partial charge in [0.15, 0.2) is 0 Å². The van der Waals surface area contributed by atoms with Crippen molar-refractivity contribution in [1.29, 1.82) is 0 Å². The van der Waals surface area contributed by atoms with Crippen LogP contribution in [0.1, 0.15) is 18.6 Å². The lowest BCUT2D eigenvalue weighted by Gasteiger charge is -2.18. The van der Waals surface area contributed by atoms with Gasteiger partial charge < -0.3 is 20.9 Å². The minimum atomic E-state index is -2.39. The highest BCUT2D eigenvalue weighted by Gasteiger charge is 2.22. The number of benzene rings is 3. The highest BCUT2D eigenvalue weighted by atomic mass is 35.5. The molecule has 2 amide bonds. The molecule has 5 nitrogen and oxygen atoms in total. The largest absolute Gasteiger partial charge is 0.496 e. The first-order valence-electron chi connectivity index (χ1n) is 8.76. The average Bonchev–Trinajstić information content (AvgIpc) is 2.67. The van der Waals surface area contributed by atoms with Gasteiger partial charge in [0, 0.05) is 16.3 Å². The lowest BCUT2D eigenvalue weighted by molar-refractivity contribution is 0.215. The summed E-state index contributed by atoms with van der Waals surface area (Å²) in [7, 11) is 1.40. The van der Waals surface area contributed by atoms with E-state index in [1.807, 2.05) is 0 Å². The van der Waals surface area contributed by atoms with Gasteiger partial charge in [-0.1, -0.05) is 35.9 Å². The van der Waals surface area contributed by atoms with Gasteiger partial charge in [-0.15, -0.1) is 0 Å². The van der Waals surface area contributed by atoms with Gasteiger partial charge in [0.25, 0.3) is 0 Å². The molecule has 0 aliphatic rings. The maximum Gasteiger partial charge on any atom is 0.316 e. The number of carbonyl (C=O) groups excluding carboxylic acids is 1. The zero-order chi connectivity index (χ0) is 21.2. The number of hydrogen-bond acceptors (Lipinski definition) is 3. The first kappa shape index (κ1) is 18.3. The van der Waals surface area contributed by atoms with Crippen LogP contribution in [0.15, 0.2) is 60.7 Å². The number of hydrogen-bond donors (Lipinski definition) is 3. The number of methoxy groups -OCH3 is 1. The molecule has 0 aliphatic carbocycles. The number of aliphatic hydroxyl groups is 1. The number of primary amides is 1. The average molecular weight is 402 g/mol. The highest BCUT2D eigenvalue weighted by Crippen LogP contribution is 2.38. The summed E-state index contributed by atoms with van der Waals surface area (Å²) in [5.74, 6) is -0.561. The second-order valence-corrected chi connectivity index (χ2v) is 6.37. The fourth-order valence-electron chi connectivity index (χ4n) is 2.83. The van der Waals surface area contributed by atoms with Crippen molar-refractivity contribution in [3.05, 3.63) is 82.6 Å². The fourth-order valence-corrected chi connectivity index (χ4v) is 3.02. The van der Waals surface area contributed by atoms with Crippen LogP contribution in [0.3, 0.4) is 0 Å². The molecule has 144 valence electrons. The molecule has 7 heteroatoms. The van der Waals surface area contributed by atoms with Crippen LogP contribution in [0.5, 0.6) is 5.75 Å². The van der Waals surface area contributed by atoms with E-state index < -0.39 is 17.9 Å². The Morgan fingerprint density at radius 2 is 1.96 bits per heavy atom. The van der Waals surface area contributed by atoms with Gasteiger partial charge in [-0.05, 0) is 47.5 Å². The van der Waals surface area contributed by atoms with Crippen LogP contribution in [0.2, 0.25) is 5.02 Å². The molecule has 0 saturated heterocycles. The van der Waals surface area contributed by atoms with Crippen LogP contribution in [-0.2, 0) is 0 Å². The molecule has 0 aromatic heterocycles. The molecule has 3 aromatic carbocycles. The van der Waals surface area contributed by atoms with Crippen molar-refractivity contribution in [3.8, 4) is 16.9 Å². The van der Waals surface area contributed by atoms with Crippen LogP contribution >= 0.6 is 11.6 Å². The highest BCUT2D eigenvalue weighted by molar-refractivity contribution is 6.30. The van der Waals surface area contributed by atoms with E-state index in [4.69, 9.17) is 23.4 Å². The number of nitrogens with two attached hydrogens (primary N) is 1. The monoisotopic (exact) mass is 401 g/mol. The Labute approximate surface area is 167 Å². The third-order valence-electron chi connectivity index (χ3n) is 4.12. The van der Waals surface area contributed by atoms with E-state index in [9.17, 15) is 9.90 Å². The molecule has 0 bridgehead atoms. The molecule has 0 aliphatic heterocycles. The Bertz CT molecular complexity index is 1060. The van der Waals surface area contributed by atoms with Gasteiger partial charge in [0.2, 0.25) is 0 Å². The summed E-state index contributed by atoms with van der Waals surface area (Å²) in [5.41, 5.74) is 5.83. The lowest BCUT2D eigenvalue weighted by Crippen LogP contribution is -2.19. The normalized spacial score (nSPS) is 13.4. The number of rotatable bonds is 5. The minimum Gasteiger partial charge on any atom is -0.496 e. The summed E-state index contributed by atoms with van der Waals surface area (Å²) in [6, 6.07) is 14.3. The third kappa shape index (κ3) is 4.08. The fraction of sp³-hybridized carbons (Fsp3) is 0.0952. The molecule has 28 heavy (non-hydrogen) atoms. The minimum absolute atomic E-state index is 0.0881. The molecule has 0 spiro atoms. The predicted octanol–water partition coefficient (Wildman–Crippen LogP) is 4.73. The van der Waals surface area contributed by atoms with Crippen molar-refractivity contribution < 1.29 is 20.4 Å². The molecule has 3 aromatic rings. The van der Waals surface area contributed by atoms with Gasteiger partial charge in [0.05, 0.1) is 14.0 Å². The van der Waals surface area contributed by atoms with Crippen molar-refractivity contribution >= 4 is 23.3 Å². The van der Waals surface area contributed by atoms with Crippen molar-refractivity contribution in [2.75, 3.05) is 12.4 Å². The Morgan fingerprint density at radius 3 is 2.57 bits per heavy atom. The molecule has 3 rings (SSSR count). The number of halogens is 2. The number of amides is 2.